The summed E-state index contributed by atoms with van der Waals surface area (Å²) in [4.78, 5) is 4.42. The van der Waals surface area contributed by atoms with E-state index < -0.39 is 0 Å². The summed E-state index contributed by atoms with van der Waals surface area (Å²) in [5.41, 5.74) is 7.83. The molecule has 84 valence electrons. The van der Waals surface area contributed by atoms with E-state index in [1.807, 2.05) is 25.1 Å². The van der Waals surface area contributed by atoms with E-state index in [1.165, 1.54) is 0 Å². The van der Waals surface area contributed by atoms with Crippen LogP contribution in [-0.4, -0.2) is 11.6 Å². The van der Waals surface area contributed by atoms with Gasteiger partial charge in [0.25, 0.3) is 0 Å². The summed E-state index contributed by atoms with van der Waals surface area (Å²) >= 11 is 0. The van der Waals surface area contributed by atoms with Crippen LogP contribution in [0.1, 0.15) is 19.4 Å². The summed E-state index contributed by atoms with van der Waals surface area (Å²) in [7, 11) is 0. The number of ether oxygens (including phenoxy) is 1. The molecule has 0 radical (unpaired) electrons. The second kappa shape index (κ2) is 4.39. The lowest BCUT2D eigenvalue weighted by molar-refractivity contribution is 0.343. The molecule has 3 nitrogen and oxygen atoms in total. The quantitative estimate of drug-likeness (QED) is 0.858. The Balaban J connectivity index is 2.64. The molecule has 2 N–H and O–H groups in total. The largest absolute Gasteiger partial charge is 0.492 e. The van der Waals surface area contributed by atoms with Crippen molar-refractivity contribution in [3.8, 4) is 5.75 Å². The van der Waals surface area contributed by atoms with Gasteiger partial charge in [0.1, 0.15) is 17.1 Å². The molecular formula is C13H16N2O. The predicted molar refractivity (Wildman–Crippen MR) is 66.7 cm³/mol. The number of anilines is 1. The number of pyridine rings is 1. The maximum atomic E-state index is 5.90. The lowest BCUT2D eigenvalue weighted by atomic mass is 10.1. The molecule has 0 aliphatic heterocycles. The van der Waals surface area contributed by atoms with Crippen molar-refractivity contribution >= 4 is 16.7 Å². The highest BCUT2D eigenvalue weighted by Gasteiger charge is 2.06. The third-order valence-corrected chi connectivity index (χ3v) is 2.60. The van der Waals surface area contributed by atoms with Gasteiger partial charge in [-0.1, -0.05) is 19.1 Å². The van der Waals surface area contributed by atoms with E-state index >= 15 is 0 Å². The van der Waals surface area contributed by atoms with Crippen molar-refractivity contribution in [1.29, 1.82) is 0 Å². The van der Waals surface area contributed by atoms with Crippen LogP contribution in [-0.2, 0) is 6.42 Å². The number of hydrogen-bond donors (Lipinski definition) is 1. The molecule has 16 heavy (non-hydrogen) atoms. The molecule has 0 saturated heterocycles. The first-order valence-electron chi connectivity index (χ1n) is 5.57. The van der Waals surface area contributed by atoms with Crippen molar-refractivity contribution in [2.24, 2.45) is 0 Å². The van der Waals surface area contributed by atoms with E-state index in [9.17, 15) is 0 Å². The Morgan fingerprint density at radius 1 is 1.31 bits per heavy atom. The number of hydrogen-bond acceptors (Lipinski definition) is 3. The van der Waals surface area contributed by atoms with Gasteiger partial charge in [0.05, 0.1) is 6.61 Å². The van der Waals surface area contributed by atoms with Crippen LogP contribution < -0.4 is 10.5 Å². The van der Waals surface area contributed by atoms with Gasteiger partial charge in [-0.15, -0.1) is 0 Å². The Bertz CT molecular complexity index is 509. The molecule has 0 atom stereocenters. The highest BCUT2D eigenvalue weighted by molar-refractivity contribution is 5.86. The van der Waals surface area contributed by atoms with Crippen LogP contribution >= 0.6 is 0 Å². The highest BCUT2D eigenvalue weighted by Crippen LogP contribution is 2.26. The number of rotatable bonds is 3. The van der Waals surface area contributed by atoms with Crippen LogP contribution in [0, 0.1) is 0 Å². The minimum atomic E-state index is 0.599. The Morgan fingerprint density at radius 3 is 2.81 bits per heavy atom. The average Bonchev–Trinajstić information content (AvgIpc) is 2.29. The van der Waals surface area contributed by atoms with Crippen LogP contribution in [0.4, 0.5) is 5.82 Å². The molecule has 0 aliphatic carbocycles. The fourth-order valence-corrected chi connectivity index (χ4v) is 1.78. The van der Waals surface area contributed by atoms with Gasteiger partial charge in [-0.25, -0.2) is 4.98 Å². The second-order valence-electron chi connectivity index (χ2n) is 3.65. The molecule has 0 fully saturated rings. The maximum absolute atomic E-state index is 5.90. The standard InChI is InChI=1S/C13H16N2O/c1-3-9-8-10-6-5-7-11(16-4-2)12(10)15-13(9)14/h5-8H,3-4H2,1-2H3,(H2,14,15). The van der Waals surface area contributed by atoms with Crippen molar-refractivity contribution in [2.75, 3.05) is 12.3 Å². The number of nitrogens with zero attached hydrogens (tertiary/aromatic N) is 1. The first-order valence-corrected chi connectivity index (χ1v) is 5.57. The fraction of sp³-hybridized carbons (Fsp3) is 0.308. The smallest absolute Gasteiger partial charge is 0.145 e. The first kappa shape index (κ1) is 10.7. The molecule has 0 unspecified atom stereocenters. The molecule has 0 saturated carbocycles. The maximum Gasteiger partial charge on any atom is 0.145 e. The average molecular weight is 216 g/mol. The second-order valence-corrected chi connectivity index (χ2v) is 3.65. The van der Waals surface area contributed by atoms with Gasteiger partial charge in [-0.2, -0.15) is 0 Å². The van der Waals surface area contributed by atoms with Crippen molar-refractivity contribution in [1.82, 2.24) is 4.98 Å². The van der Waals surface area contributed by atoms with Crippen molar-refractivity contribution < 1.29 is 4.74 Å². The first-order chi connectivity index (χ1) is 7.76. The van der Waals surface area contributed by atoms with E-state index in [1.54, 1.807) is 0 Å². The lowest BCUT2D eigenvalue weighted by Crippen LogP contribution is -1.99. The molecule has 0 aliphatic rings. The summed E-state index contributed by atoms with van der Waals surface area (Å²) in [6.45, 7) is 4.67. The van der Waals surface area contributed by atoms with Crippen molar-refractivity contribution in [3.05, 3.63) is 29.8 Å². The van der Waals surface area contributed by atoms with Gasteiger partial charge in [-0.3, -0.25) is 0 Å². The zero-order valence-electron chi connectivity index (χ0n) is 9.66. The van der Waals surface area contributed by atoms with Crippen LogP contribution in [0.5, 0.6) is 5.75 Å². The molecule has 0 amide bonds. The number of nitrogen functional groups attached to an aromatic ring is 1. The van der Waals surface area contributed by atoms with Crippen LogP contribution in [0.2, 0.25) is 0 Å². The lowest BCUT2D eigenvalue weighted by Gasteiger charge is -2.09. The Hall–Kier alpha value is -1.77. The summed E-state index contributed by atoms with van der Waals surface area (Å²) in [6, 6.07) is 8.01. The van der Waals surface area contributed by atoms with Crippen LogP contribution in [0.3, 0.4) is 0 Å². The zero-order valence-corrected chi connectivity index (χ0v) is 9.66. The zero-order chi connectivity index (χ0) is 11.5. The van der Waals surface area contributed by atoms with E-state index in [-0.39, 0.29) is 0 Å². The monoisotopic (exact) mass is 216 g/mol. The number of aromatic nitrogens is 1. The minimum Gasteiger partial charge on any atom is -0.492 e. The molecule has 0 bridgehead atoms. The van der Waals surface area contributed by atoms with Gasteiger partial charge in [0.15, 0.2) is 0 Å². The highest BCUT2D eigenvalue weighted by atomic mass is 16.5. The summed E-state index contributed by atoms with van der Waals surface area (Å²) in [5.74, 6) is 1.40. The minimum absolute atomic E-state index is 0.599. The van der Waals surface area contributed by atoms with Gasteiger partial charge in [0, 0.05) is 5.39 Å². The number of para-hydroxylation sites is 1. The molecule has 2 aromatic rings. The number of benzene rings is 1. The Morgan fingerprint density at radius 2 is 2.12 bits per heavy atom. The molecular weight excluding hydrogens is 200 g/mol. The molecule has 0 spiro atoms. The van der Waals surface area contributed by atoms with Gasteiger partial charge < -0.3 is 10.5 Å². The van der Waals surface area contributed by atoms with E-state index in [2.05, 4.69) is 18.0 Å². The Kier molecular flexibility index (Phi) is 2.95. The van der Waals surface area contributed by atoms with E-state index in [0.29, 0.717) is 12.4 Å². The fourth-order valence-electron chi connectivity index (χ4n) is 1.78. The molecule has 1 aromatic heterocycles. The topological polar surface area (TPSA) is 48.1 Å². The van der Waals surface area contributed by atoms with Crippen LogP contribution in [0.25, 0.3) is 10.9 Å². The SMILES string of the molecule is CCOc1cccc2cc(CC)c(N)nc12. The molecule has 2 rings (SSSR count). The summed E-state index contributed by atoms with van der Waals surface area (Å²) in [6.07, 6.45) is 0.896. The number of nitrogens with two attached hydrogens (primary N) is 1. The molecule has 3 heteroatoms. The van der Waals surface area contributed by atoms with Crippen LogP contribution in [0.15, 0.2) is 24.3 Å². The van der Waals surface area contributed by atoms with Gasteiger partial charge >= 0.3 is 0 Å². The van der Waals surface area contributed by atoms with Crippen molar-refractivity contribution in [3.63, 3.8) is 0 Å². The van der Waals surface area contributed by atoms with Crippen molar-refractivity contribution in [2.45, 2.75) is 20.3 Å². The predicted octanol–water partition coefficient (Wildman–Crippen LogP) is 2.78. The molecule has 1 aromatic carbocycles. The summed E-state index contributed by atoms with van der Waals surface area (Å²) < 4.78 is 5.53. The van der Waals surface area contributed by atoms with Gasteiger partial charge in [-0.05, 0) is 31.0 Å². The van der Waals surface area contributed by atoms with Gasteiger partial charge in [0.2, 0.25) is 0 Å². The Labute approximate surface area is 95.2 Å². The third-order valence-electron chi connectivity index (χ3n) is 2.60. The van der Waals surface area contributed by atoms with E-state index in [0.717, 1.165) is 28.6 Å². The summed E-state index contributed by atoms with van der Waals surface area (Å²) in [5, 5.41) is 1.08. The number of aryl methyl sites for hydroxylation is 1. The number of fused-ring (bicyclic) bond motifs is 1. The third kappa shape index (κ3) is 1.81. The normalized spacial score (nSPS) is 10.6. The van der Waals surface area contributed by atoms with E-state index in [4.69, 9.17) is 10.5 Å². The molecule has 1 heterocycles.